The van der Waals surface area contributed by atoms with Crippen LogP contribution in [0, 0.1) is 0 Å². The minimum Gasteiger partial charge on any atom is -0.497 e. The van der Waals surface area contributed by atoms with Crippen molar-refractivity contribution in [3.63, 3.8) is 0 Å². The van der Waals surface area contributed by atoms with Crippen LogP contribution >= 0.6 is 0 Å². The smallest absolute Gasteiger partial charge is 0.118 e. The number of likely N-dealkylation sites (tertiary alicyclic amines) is 1. The normalized spacial score (nSPS) is 16.4. The molecule has 130 valence electrons. The molecule has 5 nitrogen and oxygen atoms in total. The minimum absolute atomic E-state index is 0.658. The average molecular weight is 328 g/mol. The maximum absolute atomic E-state index is 5.21. The molecule has 1 aliphatic rings. The summed E-state index contributed by atoms with van der Waals surface area (Å²) in [5, 5.41) is 3.68. The molecule has 1 aliphatic heterocycles. The molecule has 1 aromatic heterocycles. The van der Waals surface area contributed by atoms with E-state index in [1.165, 1.54) is 37.2 Å². The van der Waals surface area contributed by atoms with Crippen molar-refractivity contribution in [1.29, 1.82) is 0 Å². The molecule has 1 fully saturated rings. The second-order valence-electron chi connectivity index (χ2n) is 6.49. The van der Waals surface area contributed by atoms with Crippen LogP contribution in [0.1, 0.15) is 24.1 Å². The average Bonchev–Trinajstić information content (AvgIpc) is 3.15. The van der Waals surface area contributed by atoms with Crippen LogP contribution in [-0.2, 0) is 12.8 Å². The summed E-state index contributed by atoms with van der Waals surface area (Å²) in [6.07, 6.45) is 8.27. The van der Waals surface area contributed by atoms with E-state index in [4.69, 9.17) is 4.74 Å². The zero-order valence-corrected chi connectivity index (χ0v) is 14.5. The highest BCUT2D eigenvalue weighted by Crippen LogP contribution is 2.14. The van der Waals surface area contributed by atoms with Crippen molar-refractivity contribution in [3.05, 3.63) is 48.0 Å². The highest BCUT2D eigenvalue weighted by atomic mass is 16.5. The Labute approximate surface area is 144 Å². The van der Waals surface area contributed by atoms with Crippen LogP contribution in [0.25, 0.3) is 0 Å². The Bertz CT molecular complexity index is 574. The number of rotatable bonds is 8. The number of hydrogen-bond acceptors (Lipinski definition) is 4. The number of benzene rings is 1. The lowest BCUT2D eigenvalue weighted by atomic mass is 10.0. The first-order chi connectivity index (χ1) is 11.8. The summed E-state index contributed by atoms with van der Waals surface area (Å²) in [7, 11) is 1.71. The third-order valence-corrected chi connectivity index (χ3v) is 4.85. The van der Waals surface area contributed by atoms with Gasteiger partial charge in [-0.3, -0.25) is 0 Å². The van der Waals surface area contributed by atoms with Crippen molar-refractivity contribution >= 4 is 0 Å². The number of ether oxygens (including phenoxy) is 1. The van der Waals surface area contributed by atoms with E-state index < -0.39 is 0 Å². The highest BCUT2D eigenvalue weighted by Gasteiger charge is 2.18. The second kappa shape index (κ2) is 8.85. The molecule has 2 N–H and O–H groups in total. The Morgan fingerprint density at radius 3 is 2.67 bits per heavy atom. The van der Waals surface area contributed by atoms with Crippen molar-refractivity contribution in [2.24, 2.45) is 0 Å². The zero-order valence-electron chi connectivity index (χ0n) is 14.5. The number of nitrogens with zero attached hydrogens (tertiary/aromatic N) is 2. The van der Waals surface area contributed by atoms with E-state index in [0.717, 1.165) is 31.7 Å². The van der Waals surface area contributed by atoms with Crippen molar-refractivity contribution in [2.75, 3.05) is 33.3 Å². The second-order valence-corrected chi connectivity index (χ2v) is 6.49. The Morgan fingerprint density at radius 1 is 1.21 bits per heavy atom. The quantitative estimate of drug-likeness (QED) is 0.780. The SMILES string of the molecule is COc1ccc(CCN2CCC(NCCc3cnc[nH]3)CC2)cc1. The molecule has 1 aromatic carbocycles. The molecule has 0 radical (unpaired) electrons. The van der Waals surface area contributed by atoms with Crippen molar-refractivity contribution in [3.8, 4) is 5.75 Å². The van der Waals surface area contributed by atoms with Gasteiger partial charge in [-0.15, -0.1) is 0 Å². The van der Waals surface area contributed by atoms with E-state index in [-0.39, 0.29) is 0 Å². The van der Waals surface area contributed by atoms with E-state index in [1.807, 2.05) is 18.3 Å². The van der Waals surface area contributed by atoms with Gasteiger partial charge in [-0.25, -0.2) is 4.98 Å². The molecular formula is C19H28N4O. The van der Waals surface area contributed by atoms with Crippen LogP contribution in [-0.4, -0.2) is 54.2 Å². The van der Waals surface area contributed by atoms with Crippen LogP contribution in [0.5, 0.6) is 5.75 Å². The number of imidazole rings is 1. The summed E-state index contributed by atoms with van der Waals surface area (Å²) >= 11 is 0. The highest BCUT2D eigenvalue weighted by molar-refractivity contribution is 5.27. The lowest BCUT2D eigenvalue weighted by Gasteiger charge is -2.32. The predicted octanol–water partition coefficient (Wildman–Crippen LogP) is 2.26. The van der Waals surface area contributed by atoms with E-state index in [1.54, 1.807) is 13.4 Å². The standard InChI is InChI=1S/C19H28N4O/c1-24-19-4-2-16(3-5-19)7-11-23-12-8-17(9-13-23)21-10-6-18-14-20-15-22-18/h2-5,14-15,17,21H,6-13H2,1H3,(H,20,22). The van der Waals surface area contributed by atoms with Crippen molar-refractivity contribution in [2.45, 2.75) is 31.7 Å². The Morgan fingerprint density at radius 2 is 2.00 bits per heavy atom. The fourth-order valence-electron chi connectivity index (χ4n) is 3.27. The third-order valence-electron chi connectivity index (χ3n) is 4.85. The first kappa shape index (κ1) is 17.0. The van der Waals surface area contributed by atoms with Gasteiger partial charge in [0.2, 0.25) is 0 Å². The topological polar surface area (TPSA) is 53.2 Å². The largest absolute Gasteiger partial charge is 0.497 e. The Balaban J connectivity index is 1.31. The molecule has 0 spiro atoms. The number of aromatic amines is 1. The summed E-state index contributed by atoms with van der Waals surface area (Å²) in [6.45, 7) is 4.56. The zero-order chi connectivity index (χ0) is 16.6. The summed E-state index contributed by atoms with van der Waals surface area (Å²) in [6, 6.07) is 9.09. The molecule has 0 atom stereocenters. The molecule has 0 amide bonds. The molecule has 1 saturated heterocycles. The Kier molecular flexibility index (Phi) is 6.26. The molecule has 0 unspecified atom stereocenters. The van der Waals surface area contributed by atoms with Crippen LogP contribution in [0.2, 0.25) is 0 Å². The van der Waals surface area contributed by atoms with E-state index >= 15 is 0 Å². The number of piperidine rings is 1. The molecule has 2 heterocycles. The van der Waals surface area contributed by atoms with E-state index in [0.29, 0.717) is 6.04 Å². The minimum atomic E-state index is 0.658. The van der Waals surface area contributed by atoms with Crippen LogP contribution in [0.15, 0.2) is 36.8 Å². The number of nitrogens with one attached hydrogen (secondary N) is 2. The van der Waals surface area contributed by atoms with Gasteiger partial charge in [0.1, 0.15) is 5.75 Å². The first-order valence-corrected chi connectivity index (χ1v) is 8.89. The molecule has 5 heteroatoms. The predicted molar refractivity (Wildman–Crippen MR) is 96.5 cm³/mol. The molecule has 24 heavy (non-hydrogen) atoms. The first-order valence-electron chi connectivity index (χ1n) is 8.89. The lowest BCUT2D eigenvalue weighted by Crippen LogP contribution is -2.43. The van der Waals surface area contributed by atoms with Crippen molar-refractivity contribution in [1.82, 2.24) is 20.2 Å². The third kappa shape index (κ3) is 5.08. The van der Waals surface area contributed by atoms with E-state index in [9.17, 15) is 0 Å². The molecule has 3 rings (SSSR count). The van der Waals surface area contributed by atoms with Crippen LogP contribution in [0.3, 0.4) is 0 Å². The maximum atomic E-state index is 5.21. The number of methoxy groups -OCH3 is 1. The molecule has 0 aliphatic carbocycles. The summed E-state index contributed by atoms with van der Waals surface area (Å²) in [4.78, 5) is 9.79. The number of aromatic nitrogens is 2. The van der Waals surface area contributed by atoms with Gasteiger partial charge in [-0.2, -0.15) is 0 Å². The Hall–Kier alpha value is -1.85. The van der Waals surface area contributed by atoms with Crippen LogP contribution < -0.4 is 10.1 Å². The van der Waals surface area contributed by atoms with Crippen LogP contribution in [0.4, 0.5) is 0 Å². The van der Waals surface area contributed by atoms with Gasteiger partial charge in [0.15, 0.2) is 0 Å². The van der Waals surface area contributed by atoms with Gasteiger partial charge in [0.05, 0.1) is 13.4 Å². The molecule has 0 bridgehead atoms. The van der Waals surface area contributed by atoms with Crippen molar-refractivity contribution < 1.29 is 4.74 Å². The fraction of sp³-hybridized carbons (Fsp3) is 0.526. The fourth-order valence-corrected chi connectivity index (χ4v) is 3.27. The number of H-pyrrole nitrogens is 1. The summed E-state index contributed by atoms with van der Waals surface area (Å²) in [5.74, 6) is 0.931. The van der Waals surface area contributed by atoms with Gasteiger partial charge >= 0.3 is 0 Å². The van der Waals surface area contributed by atoms with Gasteiger partial charge in [-0.05, 0) is 50.0 Å². The number of hydrogen-bond donors (Lipinski definition) is 2. The summed E-state index contributed by atoms with van der Waals surface area (Å²) in [5.41, 5.74) is 2.59. The lowest BCUT2D eigenvalue weighted by molar-refractivity contribution is 0.200. The maximum Gasteiger partial charge on any atom is 0.118 e. The monoisotopic (exact) mass is 328 g/mol. The van der Waals surface area contributed by atoms with Gasteiger partial charge < -0.3 is 19.9 Å². The van der Waals surface area contributed by atoms with Gasteiger partial charge in [0, 0.05) is 37.4 Å². The summed E-state index contributed by atoms with van der Waals surface area (Å²) < 4.78 is 5.21. The van der Waals surface area contributed by atoms with Gasteiger partial charge in [0.25, 0.3) is 0 Å². The molecular weight excluding hydrogens is 300 g/mol. The molecule has 2 aromatic rings. The van der Waals surface area contributed by atoms with Gasteiger partial charge in [-0.1, -0.05) is 12.1 Å². The van der Waals surface area contributed by atoms with E-state index in [2.05, 4.69) is 32.3 Å². The molecule has 0 saturated carbocycles.